The highest BCUT2D eigenvalue weighted by molar-refractivity contribution is 5.84. The second-order valence-corrected chi connectivity index (χ2v) is 6.33. The van der Waals surface area contributed by atoms with Crippen LogP contribution in [0.4, 0.5) is 0 Å². The van der Waals surface area contributed by atoms with Crippen molar-refractivity contribution >= 4 is 17.4 Å². The highest BCUT2D eigenvalue weighted by Crippen LogP contribution is 2.22. The molecular weight excluding hydrogens is 286 g/mol. The standard InChI is InChI=1S/C13H17N.C5H10O2.C2H6/c1-4-5-11-6-7-13-12(8-11)9(2)10(3)14-13;1-5(2,3)7-4-6;1-2/h6-8,14H,4-5H2,1-3H3;4H,1-3H3;1-2H3. The van der Waals surface area contributed by atoms with Crippen molar-refractivity contribution < 1.29 is 9.53 Å². The Bertz CT molecular complexity index is 591. The van der Waals surface area contributed by atoms with Gasteiger partial charge in [0.05, 0.1) is 0 Å². The van der Waals surface area contributed by atoms with Gasteiger partial charge < -0.3 is 9.72 Å². The van der Waals surface area contributed by atoms with E-state index in [9.17, 15) is 4.79 Å². The number of nitrogens with one attached hydrogen (secondary N) is 1. The van der Waals surface area contributed by atoms with Crippen LogP contribution in [0.3, 0.4) is 0 Å². The van der Waals surface area contributed by atoms with Gasteiger partial charge in [-0.1, -0.05) is 33.3 Å². The van der Waals surface area contributed by atoms with E-state index < -0.39 is 0 Å². The van der Waals surface area contributed by atoms with Gasteiger partial charge in [-0.15, -0.1) is 0 Å². The van der Waals surface area contributed by atoms with Gasteiger partial charge in [-0.2, -0.15) is 0 Å². The molecule has 2 aromatic rings. The molecule has 3 nitrogen and oxygen atoms in total. The van der Waals surface area contributed by atoms with Crippen LogP contribution < -0.4 is 0 Å². The second-order valence-electron chi connectivity index (χ2n) is 6.33. The first kappa shape index (κ1) is 21.2. The highest BCUT2D eigenvalue weighted by atomic mass is 16.5. The number of rotatable bonds is 3. The van der Waals surface area contributed by atoms with Crippen LogP contribution in [-0.4, -0.2) is 17.1 Å². The molecule has 0 fully saturated rings. The number of aromatic nitrogens is 1. The number of carbonyl (C=O) groups excluding carboxylic acids is 1. The van der Waals surface area contributed by atoms with E-state index in [1.54, 1.807) is 0 Å². The fourth-order valence-electron chi connectivity index (χ4n) is 2.10. The topological polar surface area (TPSA) is 42.1 Å². The molecule has 130 valence electrons. The van der Waals surface area contributed by atoms with Crippen LogP contribution in [-0.2, 0) is 16.0 Å². The van der Waals surface area contributed by atoms with Gasteiger partial charge in [-0.3, -0.25) is 4.79 Å². The van der Waals surface area contributed by atoms with E-state index in [0.29, 0.717) is 6.47 Å². The number of carbonyl (C=O) groups is 1. The van der Waals surface area contributed by atoms with Gasteiger partial charge in [0.2, 0.25) is 0 Å². The average Bonchev–Trinajstić information content (AvgIpc) is 2.76. The van der Waals surface area contributed by atoms with E-state index in [2.05, 4.69) is 48.7 Å². The van der Waals surface area contributed by atoms with Crippen LogP contribution in [0.5, 0.6) is 0 Å². The Hall–Kier alpha value is -1.77. The lowest BCUT2D eigenvalue weighted by atomic mass is 10.1. The summed E-state index contributed by atoms with van der Waals surface area (Å²) in [4.78, 5) is 13.0. The number of aromatic amines is 1. The molecule has 1 aromatic heterocycles. The zero-order chi connectivity index (χ0) is 18.0. The summed E-state index contributed by atoms with van der Waals surface area (Å²) in [6.45, 7) is 16.5. The Labute approximate surface area is 141 Å². The van der Waals surface area contributed by atoms with Gasteiger partial charge in [0, 0.05) is 16.6 Å². The number of H-pyrrole nitrogens is 1. The zero-order valence-electron chi connectivity index (χ0n) is 16.0. The van der Waals surface area contributed by atoms with Crippen molar-refractivity contribution in [1.82, 2.24) is 4.98 Å². The van der Waals surface area contributed by atoms with Gasteiger partial charge >= 0.3 is 0 Å². The molecule has 1 aromatic carbocycles. The summed E-state index contributed by atoms with van der Waals surface area (Å²) < 4.78 is 4.55. The predicted molar refractivity (Wildman–Crippen MR) is 100 cm³/mol. The number of hydrogen-bond donors (Lipinski definition) is 1. The third-order valence-electron chi connectivity index (χ3n) is 3.31. The van der Waals surface area contributed by atoms with Crippen LogP contribution in [0.15, 0.2) is 18.2 Å². The summed E-state index contributed by atoms with van der Waals surface area (Å²) in [7, 11) is 0. The van der Waals surface area contributed by atoms with Crippen LogP contribution in [0.2, 0.25) is 0 Å². The minimum absolute atomic E-state index is 0.318. The molecule has 0 aliphatic heterocycles. The Morgan fingerprint density at radius 3 is 2.22 bits per heavy atom. The monoisotopic (exact) mass is 319 g/mol. The van der Waals surface area contributed by atoms with E-state index in [0.717, 1.165) is 0 Å². The lowest BCUT2D eigenvalue weighted by Crippen LogP contribution is -2.17. The fourth-order valence-corrected chi connectivity index (χ4v) is 2.10. The van der Waals surface area contributed by atoms with Gasteiger partial charge in [-0.25, -0.2) is 0 Å². The third-order valence-corrected chi connectivity index (χ3v) is 3.31. The van der Waals surface area contributed by atoms with Gasteiger partial charge in [-0.05, 0) is 64.3 Å². The molecule has 0 aliphatic carbocycles. The first-order chi connectivity index (χ1) is 10.8. The van der Waals surface area contributed by atoms with E-state index in [1.807, 2.05) is 34.6 Å². The Morgan fingerprint density at radius 1 is 1.17 bits per heavy atom. The molecule has 0 radical (unpaired) electrons. The summed E-state index contributed by atoms with van der Waals surface area (Å²) in [6, 6.07) is 6.74. The Kier molecular flexibility index (Phi) is 9.31. The van der Waals surface area contributed by atoms with Crippen molar-refractivity contribution in [3.8, 4) is 0 Å². The summed E-state index contributed by atoms with van der Waals surface area (Å²) in [6.07, 6.45) is 2.40. The smallest absolute Gasteiger partial charge is 0.293 e. The molecule has 0 atom stereocenters. The zero-order valence-corrected chi connectivity index (χ0v) is 16.0. The fraction of sp³-hybridized carbons (Fsp3) is 0.550. The van der Waals surface area contributed by atoms with Crippen LogP contribution in [0, 0.1) is 13.8 Å². The molecule has 1 heterocycles. The van der Waals surface area contributed by atoms with Crippen molar-refractivity contribution in [2.45, 2.75) is 73.8 Å². The van der Waals surface area contributed by atoms with Crippen molar-refractivity contribution in [3.05, 3.63) is 35.0 Å². The van der Waals surface area contributed by atoms with Crippen LogP contribution >= 0.6 is 0 Å². The first-order valence-electron chi connectivity index (χ1n) is 8.47. The lowest BCUT2D eigenvalue weighted by molar-refractivity contribution is -0.138. The van der Waals surface area contributed by atoms with Gasteiger partial charge in [0.15, 0.2) is 0 Å². The molecule has 3 heteroatoms. The summed E-state index contributed by atoms with van der Waals surface area (Å²) in [5.74, 6) is 0. The predicted octanol–water partition coefficient (Wildman–Crippen LogP) is 5.72. The number of hydrogen-bond acceptors (Lipinski definition) is 2. The van der Waals surface area contributed by atoms with E-state index >= 15 is 0 Å². The number of benzene rings is 1. The van der Waals surface area contributed by atoms with E-state index in [1.165, 1.54) is 40.6 Å². The van der Waals surface area contributed by atoms with E-state index in [-0.39, 0.29) is 5.60 Å². The summed E-state index contributed by atoms with van der Waals surface area (Å²) in [5.41, 5.74) is 5.07. The molecule has 0 saturated heterocycles. The maximum Gasteiger partial charge on any atom is 0.293 e. The van der Waals surface area contributed by atoms with Crippen molar-refractivity contribution in [2.75, 3.05) is 0 Å². The van der Waals surface area contributed by atoms with Crippen molar-refractivity contribution in [3.63, 3.8) is 0 Å². The van der Waals surface area contributed by atoms with Crippen LogP contribution in [0.1, 0.15) is 64.8 Å². The Morgan fingerprint density at radius 2 is 1.78 bits per heavy atom. The molecule has 0 saturated carbocycles. The highest BCUT2D eigenvalue weighted by Gasteiger charge is 2.07. The number of ether oxygens (including phenoxy) is 1. The Balaban J connectivity index is 0.000000460. The average molecular weight is 319 g/mol. The molecule has 23 heavy (non-hydrogen) atoms. The van der Waals surface area contributed by atoms with Crippen molar-refractivity contribution in [2.24, 2.45) is 0 Å². The quantitative estimate of drug-likeness (QED) is 0.735. The molecule has 0 unspecified atom stereocenters. The molecule has 0 bridgehead atoms. The molecule has 0 amide bonds. The summed E-state index contributed by atoms with van der Waals surface area (Å²) >= 11 is 0. The molecular formula is C20H33NO2. The SMILES string of the molecule is CC.CC(C)(C)OC=O.CCCc1ccc2[nH]c(C)c(C)c2c1. The van der Waals surface area contributed by atoms with Gasteiger partial charge in [0.1, 0.15) is 5.60 Å². The van der Waals surface area contributed by atoms with E-state index in [4.69, 9.17) is 0 Å². The molecule has 0 spiro atoms. The first-order valence-corrected chi connectivity index (χ1v) is 8.47. The maximum atomic E-state index is 9.60. The molecule has 0 aliphatic rings. The minimum atomic E-state index is -0.318. The lowest BCUT2D eigenvalue weighted by Gasteiger charge is -2.14. The normalized spacial score (nSPS) is 10.3. The number of fused-ring (bicyclic) bond motifs is 1. The maximum absolute atomic E-state index is 9.60. The second kappa shape index (κ2) is 10.1. The van der Waals surface area contributed by atoms with Crippen molar-refractivity contribution in [1.29, 1.82) is 0 Å². The third kappa shape index (κ3) is 7.36. The van der Waals surface area contributed by atoms with Gasteiger partial charge in [0.25, 0.3) is 6.47 Å². The minimum Gasteiger partial charge on any atom is -0.462 e. The number of aryl methyl sites for hydroxylation is 3. The molecule has 2 rings (SSSR count). The van der Waals surface area contributed by atoms with Crippen LogP contribution in [0.25, 0.3) is 10.9 Å². The molecule has 1 N–H and O–H groups in total. The largest absolute Gasteiger partial charge is 0.462 e. The summed E-state index contributed by atoms with van der Waals surface area (Å²) in [5, 5.41) is 1.38.